The smallest absolute Gasteiger partial charge is 0.255 e. The molecule has 0 atom stereocenters. The molecule has 0 spiro atoms. The fraction of sp³-hybridized carbons (Fsp3) is 0. The zero-order chi connectivity index (χ0) is 17.3. The van der Waals surface area contributed by atoms with Crippen LogP contribution in [0.3, 0.4) is 0 Å². The number of benzene rings is 3. The van der Waals surface area contributed by atoms with Gasteiger partial charge in [-0.15, -0.1) is 0 Å². The van der Waals surface area contributed by atoms with E-state index in [4.69, 9.17) is 0 Å². The number of rotatable bonds is 3. The summed E-state index contributed by atoms with van der Waals surface area (Å²) in [6.45, 7) is 0. The van der Waals surface area contributed by atoms with Gasteiger partial charge >= 0.3 is 0 Å². The van der Waals surface area contributed by atoms with Crippen LogP contribution in [0.5, 0.6) is 5.75 Å². The number of phenolic OH excluding ortho intramolecular Hbond substituents is 1. The van der Waals surface area contributed by atoms with E-state index in [0.717, 1.165) is 6.07 Å². The molecule has 3 rings (SSSR count). The molecule has 24 heavy (non-hydrogen) atoms. The van der Waals surface area contributed by atoms with Crippen LogP contribution in [0.1, 0.15) is 10.4 Å². The van der Waals surface area contributed by atoms with Crippen LogP contribution in [0.15, 0.2) is 65.6 Å². The van der Waals surface area contributed by atoms with Gasteiger partial charge in [0.15, 0.2) is 0 Å². The Morgan fingerprint density at radius 3 is 2.17 bits per heavy atom. The Balaban J connectivity index is 2.16. The first-order chi connectivity index (χ1) is 11.4. The minimum atomic E-state index is -4.77. The summed E-state index contributed by atoms with van der Waals surface area (Å²) in [5.41, 5.74) is 0.424. The molecular formula is C17H12NO5S-. The van der Waals surface area contributed by atoms with Crippen molar-refractivity contribution < 1.29 is 22.9 Å². The largest absolute Gasteiger partial charge is 0.744 e. The van der Waals surface area contributed by atoms with Gasteiger partial charge in [-0.05, 0) is 12.1 Å². The van der Waals surface area contributed by atoms with Crippen LogP contribution < -0.4 is 5.32 Å². The van der Waals surface area contributed by atoms with Gasteiger partial charge in [-0.2, -0.15) is 0 Å². The van der Waals surface area contributed by atoms with Gasteiger partial charge < -0.3 is 15.0 Å². The molecule has 0 bridgehead atoms. The predicted molar refractivity (Wildman–Crippen MR) is 88.0 cm³/mol. The number of aromatic hydroxyl groups is 1. The Hall–Kier alpha value is -2.90. The Morgan fingerprint density at radius 2 is 1.54 bits per heavy atom. The lowest BCUT2D eigenvalue weighted by atomic mass is 10.1. The standard InChI is InChI=1S/C17H13NO5S/c19-14-10-15(24(21,22)23)12-8-4-5-9-13(12)16(14)18-17(20)11-6-2-1-3-7-11/h1-10,19H,(H,18,20)(H,21,22,23)/p-1. The second-order valence-electron chi connectivity index (χ2n) is 5.09. The molecule has 2 N–H and O–H groups in total. The number of hydrogen-bond donors (Lipinski definition) is 2. The van der Waals surface area contributed by atoms with E-state index in [0.29, 0.717) is 5.56 Å². The maximum absolute atomic E-state index is 12.3. The molecular weight excluding hydrogens is 330 g/mol. The number of carbonyl (C=O) groups excluding carboxylic acids is 1. The first kappa shape index (κ1) is 16.0. The molecule has 7 heteroatoms. The molecule has 1 amide bonds. The Labute approximate surface area is 138 Å². The number of phenols is 1. The van der Waals surface area contributed by atoms with E-state index in [-0.39, 0.29) is 16.5 Å². The number of fused-ring (bicyclic) bond motifs is 1. The van der Waals surface area contributed by atoms with Gasteiger partial charge in [0.1, 0.15) is 15.9 Å². The minimum absolute atomic E-state index is 0.0480. The third kappa shape index (κ3) is 2.94. The van der Waals surface area contributed by atoms with Gasteiger partial charge in [-0.3, -0.25) is 4.79 Å². The van der Waals surface area contributed by atoms with Crippen molar-refractivity contribution in [2.75, 3.05) is 5.32 Å². The SMILES string of the molecule is O=C(Nc1c(O)cc(S(=O)(=O)[O-])c2ccccc12)c1ccccc1. The maximum Gasteiger partial charge on any atom is 0.255 e. The van der Waals surface area contributed by atoms with Gasteiger partial charge in [-0.25, -0.2) is 8.42 Å². The Bertz CT molecular complexity index is 1030. The number of nitrogens with one attached hydrogen (secondary N) is 1. The first-order valence-electron chi connectivity index (χ1n) is 6.95. The predicted octanol–water partition coefficient (Wildman–Crippen LogP) is 2.70. The molecule has 6 nitrogen and oxygen atoms in total. The molecule has 0 heterocycles. The second-order valence-corrected chi connectivity index (χ2v) is 6.44. The fourth-order valence-corrected chi connectivity index (χ4v) is 3.14. The summed E-state index contributed by atoms with van der Waals surface area (Å²) in [6.07, 6.45) is 0. The molecule has 0 saturated heterocycles. The van der Waals surface area contributed by atoms with Crippen LogP contribution in [-0.4, -0.2) is 24.0 Å². The molecule has 0 saturated carbocycles. The average Bonchev–Trinajstić information content (AvgIpc) is 2.56. The highest BCUT2D eigenvalue weighted by Gasteiger charge is 2.17. The van der Waals surface area contributed by atoms with E-state index in [1.165, 1.54) is 12.1 Å². The molecule has 0 aliphatic heterocycles. The van der Waals surface area contributed by atoms with Gasteiger partial charge in [0.2, 0.25) is 0 Å². The van der Waals surface area contributed by atoms with Crippen molar-refractivity contribution >= 4 is 32.5 Å². The summed E-state index contributed by atoms with van der Waals surface area (Å²) < 4.78 is 34.2. The highest BCUT2D eigenvalue weighted by atomic mass is 32.2. The molecule has 122 valence electrons. The zero-order valence-corrected chi connectivity index (χ0v) is 13.1. The minimum Gasteiger partial charge on any atom is -0.744 e. The third-order valence-corrected chi connectivity index (χ3v) is 4.41. The van der Waals surface area contributed by atoms with E-state index in [9.17, 15) is 22.9 Å². The molecule has 0 aromatic heterocycles. The van der Waals surface area contributed by atoms with Crippen LogP contribution >= 0.6 is 0 Å². The maximum atomic E-state index is 12.3. The van der Waals surface area contributed by atoms with Crippen molar-refractivity contribution in [1.82, 2.24) is 0 Å². The lowest BCUT2D eigenvalue weighted by Crippen LogP contribution is -2.12. The molecule has 0 unspecified atom stereocenters. The second kappa shape index (κ2) is 5.95. The van der Waals surface area contributed by atoms with Gasteiger partial charge in [0.05, 0.1) is 10.6 Å². The van der Waals surface area contributed by atoms with Crippen molar-refractivity contribution in [2.24, 2.45) is 0 Å². The molecule has 0 fully saturated rings. The molecule has 3 aromatic rings. The molecule has 0 radical (unpaired) electrons. The summed E-state index contributed by atoms with van der Waals surface area (Å²) in [7, 11) is -4.77. The highest BCUT2D eigenvalue weighted by Crippen LogP contribution is 2.37. The van der Waals surface area contributed by atoms with Crippen molar-refractivity contribution in [2.45, 2.75) is 4.90 Å². The van der Waals surface area contributed by atoms with Crippen LogP contribution in [0, 0.1) is 0 Å². The third-order valence-electron chi connectivity index (χ3n) is 3.53. The average molecular weight is 342 g/mol. The summed E-state index contributed by atoms with van der Waals surface area (Å²) in [4.78, 5) is 11.8. The van der Waals surface area contributed by atoms with E-state index < -0.39 is 26.7 Å². The lowest BCUT2D eigenvalue weighted by Gasteiger charge is -2.16. The molecule has 0 aliphatic rings. The van der Waals surface area contributed by atoms with Crippen molar-refractivity contribution in [3.63, 3.8) is 0 Å². The highest BCUT2D eigenvalue weighted by molar-refractivity contribution is 7.86. The van der Waals surface area contributed by atoms with E-state index in [2.05, 4.69) is 5.32 Å². The van der Waals surface area contributed by atoms with Crippen molar-refractivity contribution in [1.29, 1.82) is 0 Å². The number of carbonyl (C=O) groups is 1. The molecule has 3 aromatic carbocycles. The first-order valence-corrected chi connectivity index (χ1v) is 8.36. The van der Waals surface area contributed by atoms with E-state index in [1.807, 2.05) is 0 Å². The quantitative estimate of drug-likeness (QED) is 0.562. The normalized spacial score (nSPS) is 11.4. The summed E-state index contributed by atoms with van der Waals surface area (Å²) in [5.74, 6) is -0.957. The van der Waals surface area contributed by atoms with Crippen LogP contribution in [0.25, 0.3) is 10.8 Å². The van der Waals surface area contributed by atoms with E-state index >= 15 is 0 Å². The zero-order valence-electron chi connectivity index (χ0n) is 12.3. The van der Waals surface area contributed by atoms with Crippen LogP contribution in [0.4, 0.5) is 5.69 Å². The summed E-state index contributed by atoms with van der Waals surface area (Å²) in [5, 5.41) is 13.1. The van der Waals surface area contributed by atoms with Gasteiger partial charge in [0.25, 0.3) is 5.91 Å². The van der Waals surface area contributed by atoms with Crippen LogP contribution in [-0.2, 0) is 10.1 Å². The number of amides is 1. The monoisotopic (exact) mass is 342 g/mol. The lowest BCUT2D eigenvalue weighted by molar-refractivity contribution is 0.102. The van der Waals surface area contributed by atoms with Gasteiger partial charge in [-0.1, -0.05) is 42.5 Å². The van der Waals surface area contributed by atoms with Crippen molar-refractivity contribution in [3.05, 3.63) is 66.2 Å². The molecule has 0 aliphatic carbocycles. The number of hydrogen-bond acceptors (Lipinski definition) is 5. The van der Waals surface area contributed by atoms with E-state index in [1.54, 1.807) is 42.5 Å². The fourth-order valence-electron chi connectivity index (χ4n) is 2.44. The number of anilines is 1. The Kier molecular flexibility index (Phi) is 3.96. The topological polar surface area (TPSA) is 107 Å². The van der Waals surface area contributed by atoms with Crippen molar-refractivity contribution in [3.8, 4) is 5.75 Å². The van der Waals surface area contributed by atoms with Gasteiger partial charge in [0, 0.05) is 22.4 Å². The Morgan fingerprint density at radius 1 is 0.958 bits per heavy atom. The summed E-state index contributed by atoms with van der Waals surface area (Å²) >= 11 is 0. The summed E-state index contributed by atoms with van der Waals surface area (Å²) in [6, 6.07) is 15.3. The van der Waals surface area contributed by atoms with Crippen LogP contribution in [0.2, 0.25) is 0 Å².